The maximum atomic E-state index is 12.5. The molecular weight excluding hydrogens is 456 g/mol. The molecule has 0 N–H and O–H groups in total. The van der Waals surface area contributed by atoms with Crippen molar-refractivity contribution in [3.63, 3.8) is 0 Å². The Morgan fingerprint density at radius 2 is 1.69 bits per heavy atom. The summed E-state index contributed by atoms with van der Waals surface area (Å²) in [5.74, 6) is 0.125. The van der Waals surface area contributed by atoms with Crippen LogP contribution in [-0.2, 0) is 16.2 Å². The number of amides is 2. The summed E-state index contributed by atoms with van der Waals surface area (Å²) < 4.78 is 12.0. The third-order valence-corrected chi connectivity index (χ3v) is 5.57. The average Bonchev–Trinajstić information content (AvgIpc) is 2.73. The molecule has 0 radical (unpaired) electrons. The van der Waals surface area contributed by atoms with Crippen LogP contribution >= 0.6 is 28.1 Å². The van der Waals surface area contributed by atoms with Gasteiger partial charge in [-0.2, -0.15) is 0 Å². The van der Waals surface area contributed by atoms with Gasteiger partial charge in [0.1, 0.15) is 12.2 Å². The molecule has 8 heteroatoms. The summed E-state index contributed by atoms with van der Waals surface area (Å²) in [6, 6.07) is 13.2. The second kappa shape index (κ2) is 8.75. The minimum absolute atomic E-state index is 0.0236. The van der Waals surface area contributed by atoms with Crippen LogP contribution < -0.4 is 9.47 Å². The molecule has 0 aromatic heterocycles. The van der Waals surface area contributed by atoms with Crippen LogP contribution in [0.2, 0.25) is 0 Å². The van der Waals surface area contributed by atoms with Crippen LogP contribution in [0.1, 0.15) is 11.1 Å². The number of likely N-dealkylation sites (N-methyl/N-ethyl adjacent to an activating group) is 2. The number of benzene rings is 2. The molecule has 0 aliphatic carbocycles. The lowest BCUT2D eigenvalue weighted by Crippen LogP contribution is -2.52. The van der Waals surface area contributed by atoms with E-state index in [0.717, 1.165) is 5.56 Å². The van der Waals surface area contributed by atoms with Gasteiger partial charge in [-0.3, -0.25) is 19.4 Å². The largest absolute Gasteiger partial charge is 0.493 e. The lowest BCUT2D eigenvalue weighted by molar-refractivity contribution is -0.132. The molecule has 2 aromatic rings. The van der Waals surface area contributed by atoms with Gasteiger partial charge in [-0.1, -0.05) is 30.3 Å². The van der Waals surface area contributed by atoms with Crippen molar-refractivity contribution in [1.82, 2.24) is 9.80 Å². The lowest BCUT2D eigenvalue weighted by atomic mass is 10.1. The third kappa shape index (κ3) is 4.33. The number of rotatable bonds is 5. The van der Waals surface area contributed by atoms with Crippen LogP contribution in [0.15, 0.2) is 52.5 Å². The van der Waals surface area contributed by atoms with E-state index < -0.39 is 11.8 Å². The molecule has 0 unspecified atom stereocenters. The fourth-order valence-corrected chi connectivity index (χ4v) is 3.57. The molecule has 2 amide bonds. The number of carbonyl (C=O) groups excluding carboxylic acids is 2. The Balaban J connectivity index is 1.92. The van der Waals surface area contributed by atoms with Gasteiger partial charge in [-0.15, -0.1) is 0 Å². The second-order valence-electron chi connectivity index (χ2n) is 6.38. The highest BCUT2D eigenvalue weighted by Crippen LogP contribution is 2.38. The smallest absolute Gasteiger partial charge is 0.265 e. The molecule has 0 atom stereocenters. The van der Waals surface area contributed by atoms with E-state index in [1.54, 1.807) is 26.2 Å². The minimum Gasteiger partial charge on any atom is -0.493 e. The number of thiocarbonyl (C=S) groups is 1. The molecule has 2 aromatic carbocycles. The normalized spacial score (nSPS) is 14.3. The lowest BCUT2D eigenvalue weighted by Gasteiger charge is -2.31. The zero-order valence-corrected chi connectivity index (χ0v) is 18.5. The van der Waals surface area contributed by atoms with Gasteiger partial charge >= 0.3 is 0 Å². The SMILES string of the molecule is COc1cc(C=C2C(=O)N(C)C(=S)N(C)C2=O)cc(Br)c1OCc1ccccc1. The summed E-state index contributed by atoms with van der Waals surface area (Å²) in [5.41, 5.74) is 1.66. The molecule has 150 valence electrons. The Bertz CT molecular complexity index is 981. The third-order valence-electron chi connectivity index (χ3n) is 4.43. The molecule has 29 heavy (non-hydrogen) atoms. The first-order valence-corrected chi connectivity index (χ1v) is 9.89. The molecule has 3 rings (SSSR count). The van der Waals surface area contributed by atoms with Gasteiger partial charge in [0.05, 0.1) is 11.6 Å². The van der Waals surface area contributed by atoms with Crippen LogP contribution in [-0.4, -0.2) is 47.9 Å². The van der Waals surface area contributed by atoms with E-state index in [4.69, 9.17) is 21.7 Å². The van der Waals surface area contributed by atoms with Gasteiger partial charge in [-0.05, 0) is 57.5 Å². The first-order valence-electron chi connectivity index (χ1n) is 8.69. The zero-order chi connectivity index (χ0) is 21.1. The van der Waals surface area contributed by atoms with E-state index in [9.17, 15) is 9.59 Å². The minimum atomic E-state index is -0.447. The van der Waals surface area contributed by atoms with E-state index in [1.807, 2.05) is 30.3 Å². The summed E-state index contributed by atoms with van der Waals surface area (Å²) in [7, 11) is 4.61. The fraction of sp³-hybridized carbons (Fsp3) is 0.190. The van der Waals surface area contributed by atoms with E-state index in [2.05, 4.69) is 15.9 Å². The highest BCUT2D eigenvalue weighted by molar-refractivity contribution is 9.10. The van der Waals surface area contributed by atoms with Crippen molar-refractivity contribution in [3.8, 4) is 11.5 Å². The van der Waals surface area contributed by atoms with Crippen molar-refractivity contribution in [2.24, 2.45) is 0 Å². The summed E-state index contributed by atoms with van der Waals surface area (Å²) in [4.78, 5) is 27.6. The van der Waals surface area contributed by atoms with Crippen molar-refractivity contribution < 1.29 is 19.1 Å². The van der Waals surface area contributed by atoms with Crippen molar-refractivity contribution in [3.05, 3.63) is 63.6 Å². The van der Waals surface area contributed by atoms with Gasteiger partial charge in [0.15, 0.2) is 16.6 Å². The van der Waals surface area contributed by atoms with Crippen LogP contribution in [0, 0.1) is 0 Å². The van der Waals surface area contributed by atoms with Crippen molar-refractivity contribution in [1.29, 1.82) is 0 Å². The zero-order valence-electron chi connectivity index (χ0n) is 16.1. The predicted octanol–water partition coefficient (Wildman–Crippen LogP) is 3.64. The Morgan fingerprint density at radius 1 is 1.07 bits per heavy atom. The van der Waals surface area contributed by atoms with Gasteiger partial charge in [0, 0.05) is 14.1 Å². The van der Waals surface area contributed by atoms with Gasteiger partial charge < -0.3 is 9.47 Å². The molecule has 1 saturated heterocycles. The molecular formula is C21H19BrN2O4S. The molecule has 1 fully saturated rings. The second-order valence-corrected chi connectivity index (χ2v) is 7.60. The van der Waals surface area contributed by atoms with Crippen LogP contribution in [0.5, 0.6) is 11.5 Å². The summed E-state index contributed by atoms with van der Waals surface area (Å²) >= 11 is 8.60. The highest BCUT2D eigenvalue weighted by atomic mass is 79.9. The summed E-state index contributed by atoms with van der Waals surface area (Å²) in [5, 5.41) is 0.167. The van der Waals surface area contributed by atoms with Crippen LogP contribution in [0.25, 0.3) is 6.08 Å². The van der Waals surface area contributed by atoms with E-state index in [0.29, 0.717) is 28.1 Å². The highest BCUT2D eigenvalue weighted by Gasteiger charge is 2.35. The fourth-order valence-electron chi connectivity index (χ4n) is 2.83. The molecule has 1 aliphatic rings. The topological polar surface area (TPSA) is 59.1 Å². The number of halogens is 1. The molecule has 0 spiro atoms. The number of ether oxygens (including phenoxy) is 2. The molecule has 0 saturated carbocycles. The van der Waals surface area contributed by atoms with E-state index in [1.165, 1.54) is 23.0 Å². The van der Waals surface area contributed by atoms with Crippen LogP contribution in [0.3, 0.4) is 0 Å². The molecule has 0 bridgehead atoms. The number of hydrogen-bond donors (Lipinski definition) is 0. The first kappa shape index (κ1) is 21.0. The van der Waals surface area contributed by atoms with Crippen molar-refractivity contribution >= 4 is 51.2 Å². The van der Waals surface area contributed by atoms with Crippen molar-refractivity contribution in [2.45, 2.75) is 6.61 Å². The number of carbonyl (C=O) groups is 2. The predicted molar refractivity (Wildman–Crippen MR) is 118 cm³/mol. The van der Waals surface area contributed by atoms with Gasteiger partial charge in [-0.25, -0.2) is 0 Å². The van der Waals surface area contributed by atoms with Gasteiger partial charge in [0.2, 0.25) is 0 Å². The van der Waals surface area contributed by atoms with Crippen molar-refractivity contribution in [2.75, 3.05) is 21.2 Å². The molecule has 1 heterocycles. The van der Waals surface area contributed by atoms with E-state index in [-0.39, 0.29) is 10.7 Å². The summed E-state index contributed by atoms with van der Waals surface area (Å²) in [6.45, 7) is 0.375. The average molecular weight is 475 g/mol. The first-order chi connectivity index (χ1) is 13.8. The number of methoxy groups -OCH3 is 1. The molecule has 1 aliphatic heterocycles. The quantitative estimate of drug-likeness (QED) is 0.376. The summed E-state index contributed by atoms with van der Waals surface area (Å²) in [6.07, 6.45) is 1.52. The standard InChI is InChI=1S/C21H19BrN2O4S/c1-23-19(25)15(20(26)24(2)21(23)29)9-14-10-16(22)18(17(11-14)27-3)28-12-13-7-5-4-6-8-13/h4-11H,12H2,1-3H3. The monoisotopic (exact) mass is 474 g/mol. The Hall–Kier alpha value is -2.71. The number of nitrogens with zero attached hydrogens (tertiary/aromatic N) is 2. The maximum absolute atomic E-state index is 12.5. The Kier molecular flexibility index (Phi) is 6.34. The van der Waals surface area contributed by atoms with E-state index >= 15 is 0 Å². The Morgan fingerprint density at radius 3 is 2.28 bits per heavy atom. The van der Waals surface area contributed by atoms with Crippen LogP contribution in [0.4, 0.5) is 0 Å². The maximum Gasteiger partial charge on any atom is 0.265 e. The molecule has 6 nitrogen and oxygen atoms in total. The Labute approximate surface area is 182 Å². The number of hydrogen-bond acceptors (Lipinski definition) is 5. The van der Waals surface area contributed by atoms with Gasteiger partial charge in [0.25, 0.3) is 11.8 Å².